The molecular formula is C8H14N4OS. The first-order chi connectivity index (χ1) is 6.77. The van der Waals surface area contributed by atoms with Crippen molar-refractivity contribution < 1.29 is 4.79 Å². The summed E-state index contributed by atoms with van der Waals surface area (Å²) in [6.07, 6.45) is 0. The van der Waals surface area contributed by atoms with Crippen LogP contribution in [0.25, 0.3) is 0 Å². The molecule has 1 heterocycles. The highest BCUT2D eigenvalue weighted by atomic mass is 32.2. The monoisotopic (exact) mass is 214 g/mol. The first-order valence-corrected chi connectivity index (χ1v) is 5.47. The van der Waals surface area contributed by atoms with E-state index in [2.05, 4.69) is 15.5 Å². The van der Waals surface area contributed by atoms with Gasteiger partial charge in [-0.3, -0.25) is 9.89 Å². The summed E-state index contributed by atoms with van der Waals surface area (Å²) < 4.78 is 0. The van der Waals surface area contributed by atoms with Crippen molar-refractivity contribution in [1.29, 1.82) is 0 Å². The molecule has 1 aromatic heterocycles. The fourth-order valence-corrected chi connectivity index (χ4v) is 1.57. The first kappa shape index (κ1) is 11.1. The average molecular weight is 214 g/mol. The highest BCUT2D eigenvalue weighted by Crippen LogP contribution is 2.08. The molecule has 0 aliphatic rings. The minimum atomic E-state index is 0.0532. The van der Waals surface area contributed by atoms with Crippen LogP contribution in [-0.2, 0) is 0 Å². The lowest BCUT2D eigenvalue weighted by Crippen LogP contribution is -2.07. The van der Waals surface area contributed by atoms with Crippen LogP contribution < -0.4 is 11.1 Å². The number of ketones is 1. The summed E-state index contributed by atoms with van der Waals surface area (Å²) in [6, 6.07) is 1.70. The molecule has 6 heteroatoms. The van der Waals surface area contributed by atoms with Crippen molar-refractivity contribution in [2.24, 2.45) is 5.73 Å². The van der Waals surface area contributed by atoms with Crippen LogP contribution >= 0.6 is 11.8 Å². The van der Waals surface area contributed by atoms with Crippen molar-refractivity contribution in [2.75, 3.05) is 30.4 Å². The largest absolute Gasteiger partial charge is 0.372 e. The van der Waals surface area contributed by atoms with Crippen molar-refractivity contribution in [3.63, 3.8) is 0 Å². The van der Waals surface area contributed by atoms with Crippen molar-refractivity contribution in [3.05, 3.63) is 11.8 Å². The lowest BCUT2D eigenvalue weighted by atomic mass is 10.3. The standard InChI is InChI=1S/C8H14N4OS/c1-10-8-4-6(11-12-8)7(13)5-14-3-2-9/h4H,2-3,5,9H2,1H3,(H2,10,11,12). The molecule has 0 saturated heterocycles. The zero-order valence-corrected chi connectivity index (χ0v) is 8.86. The zero-order valence-electron chi connectivity index (χ0n) is 8.04. The molecule has 0 spiro atoms. The number of H-pyrrole nitrogens is 1. The number of carbonyl (C=O) groups excluding carboxylic acids is 1. The summed E-state index contributed by atoms with van der Waals surface area (Å²) in [5.41, 5.74) is 5.86. The second kappa shape index (κ2) is 5.66. The summed E-state index contributed by atoms with van der Waals surface area (Å²) >= 11 is 1.53. The number of nitrogens with two attached hydrogens (primary N) is 1. The van der Waals surface area contributed by atoms with E-state index < -0.39 is 0 Å². The van der Waals surface area contributed by atoms with Gasteiger partial charge in [-0.2, -0.15) is 16.9 Å². The van der Waals surface area contributed by atoms with Crippen LogP contribution in [0.3, 0.4) is 0 Å². The summed E-state index contributed by atoms with van der Waals surface area (Å²) in [6.45, 7) is 0.600. The zero-order chi connectivity index (χ0) is 10.4. The van der Waals surface area contributed by atoms with E-state index in [0.29, 0.717) is 23.8 Å². The third-order valence-electron chi connectivity index (χ3n) is 1.63. The molecule has 0 aromatic carbocycles. The smallest absolute Gasteiger partial charge is 0.190 e. The Morgan fingerprint density at radius 1 is 1.79 bits per heavy atom. The van der Waals surface area contributed by atoms with Gasteiger partial charge in [-0.15, -0.1) is 0 Å². The number of thioether (sulfide) groups is 1. The molecule has 0 amide bonds. The fourth-order valence-electron chi connectivity index (χ4n) is 0.919. The van der Waals surface area contributed by atoms with Crippen LogP contribution in [0.15, 0.2) is 6.07 Å². The molecule has 0 saturated carbocycles. The van der Waals surface area contributed by atoms with Crippen molar-refractivity contribution in [1.82, 2.24) is 10.2 Å². The maximum Gasteiger partial charge on any atom is 0.190 e. The number of Topliss-reactive ketones (excluding diaryl/α,β-unsaturated/α-hetero) is 1. The number of nitrogens with one attached hydrogen (secondary N) is 2. The molecule has 0 fully saturated rings. The molecular weight excluding hydrogens is 200 g/mol. The van der Waals surface area contributed by atoms with Crippen LogP contribution in [0.4, 0.5) is 5.82 Å². The van der Waals surface area contributed by atoms with Gasteiger partial charge in [0.05, 0.1) is 5.75 Å². The Morgan fingerprint density at radius 2 is 2.57 bits per heavy atom. The lowest BCUT2D eigenvalue weighted by molar-refractivity contribution is 0.101. The molecule has 0 bridgehead atoms. The lowest BCUT2D eigenvalue weighted by Gasteiger charge is -1.96. The number of hydrogen-bond acceptors (Lipinski definition) is 5. The Hall–Kier alpha value is -1.01. The Labute approximate surface area is 86.8 Å². The van der Waals surface area contributed by atoms with E-state index in [1.807, 2.05) is 0 Å². The Morgan fingerprint density at radius 3 is 3.14 bits per heavy atom. The van der Waals surface area contributed by atoms with Gasteiger partial charge in [-0.05, 0) is 0 Å². The van der Waals surface area contributed by atoms with Gasteiger partial charge in [-0.25, -0.2) is 0 Å². The Balaban J connectivity index is 2.44. The van der Waals surface area contributed by atoms with Crippen LogP contribution in [0, 0.1) is 0 Å². The Bertz CT molecular complexity index is 299. The molecule has 1 rings (SSSR count). The second-order valence-electron chi connectivity index (χ2n) is 2.68. The molecule has 0 aliphatic heterocycles. The van der Waals surface area contributed by atoms with Gasteiger partial charge in [0.25, 0.3) is 0 Å². The molecule has 14 heavy (non-hydrogen) atoms. The van der Waals surface area contributed by atoms with E-state index >= 15 is 0 Å². The van der Waals surface area contributed by atoms with Gasteiger partial charge < -0.3 is 11.1 Å². The number of aromatic amines is 1. The predicted octanol–water partition coefficient (Wildman–Crippen LogP) is 0.326. The number of rotatable bonds is 6. The molecule has 0 radical (unpaired) electrons. The van der Waals surface area contributed by atoms with Crippen LogP contribution in [0.2, 0.25) is 0 Å². The summed E-state index contributed by atoms with van der Waals surface area (Å²) in [5, 5.41) is 9.42. The van der Waals surface area contributed by atoms with Crippen molar-refractivity contribution in [3.8, 4) is 0 Å². The Kier molecular flexibility index (Phi) is 4.48. The molecule has 4 N–H and O–H groups in total. The summed E-state index contributed by atoms with van der Waals surface area (Å²) in [7, 11) is 1.76. The van der Waals surface area contributed by atoms with E-state index in [4.69, 9.17) is 5.73 Å². The van der Waals surface area contributed by atoms with Gasteiger partial charge in [0.2, 0.25) is 0 Å². The molecule has 5 nitrogen and oxygen atoms in total. The van der Waals surface area contributed by atoms with E-state index in [1.165, 1.54) is 11.8 Å². The van der Waals surface area contributed by atoms with Gasteiger partial charge in [-0.1, -0.05) is 0 Å². The van der Waals surface area contributed by atoms with Crippen LogP contribution in [0.1, 0.15) is 10.5 Å². The normalized spacial score (nSPS) is 10.1. The highest BCUT2D eigenvalue weighted by molar-refractivity contribution is 8.00. The van der Waals surface area contributed by atoms with E-state index in [1.54, 1.807) is 13.1 Å². The predicted molar refractivity (Wildman–Crippen MR) is 58.8 cm³/mol. The van der Waals surface area contributed by atoms with E-state index in [9.17, 15) is 4.79 Å². The third-order valence-corrected chi connectivity index (χ3v) is 2.62. The van der Waals surface area contributed by atoms with Gasteiger partial charge in [0.1, 0.15) is 11.5 Å². The van der Waals surface area contributed by atoms with Gasteiger partial charge in [0.15, 0.2) is 5.78 Å². The molecule has 78 valence electrons. The molecule has 0 aliphatic carbocycles. The molecule has 0 atom stereocenters. The topological polar surface area (TPSA) is 83.8 Å². The third kappa shape index (κ3) is 3.04. The van der Waals surface area contributed by atoms with Crippen LogP contribution in [-0.4, -0.2) is 41.1 Å². The maximum absolute atomic E-state index is 11.5. The average Bonchev–Trinajstić information content (AvgIpc) is 2.66. The fraction of sp³-hybridized carbons (Fsp3) is 0.500. The van der Waals surface area contributed by atoms with Crippen molar-refractivity contribution >= 4 is 23.4 Å². The van der Waals surface area contributed by atoms with E-state index in [0.717, 1.165) is 5.75 Å². The quantitative estimate of drug-likeness (QED) is 0.469. The van der Waals surface area contributed by atoms with Gasteiger partial charge in [0, 0.05) is 25.4 Å². The molecule has 1 aromatic rings. The van der Waals surface area contributed by atoms with Crippen LogP contribution in [0.5, 0.6) is 0 Å². The number of nitrogens with zero attached hydrogens (tertiary/aromatic N) is 1. The van der Waals surface area contributed by atoms with Crippen molar-refractivity contribution in [2.45, 2.75) is 0 Å². The minimum absolute atomic E-state index is 0.0532. The minimum Gasteiger partial charge on any atom is -0.372 e. The highest BCUT2D eigenvalue weighted by Gasteiger charge is 2.08. The maximum atomic E-state index is 11.5. The summed E-state index contributed by atoms with van der Waals surface area (Å²) in [4.78, 5) is 11.5. The number of aromatic nitrogens is 2. The first-order valence-electron chi connectivity index (χ1n) is 4.32. The number of anilines is 1. The van der Waals surface area contributed by atoms with Gasteiger partial charge >= 0.3 is 0 Å². The van der Waals surface area contributed by atoms with E-state index in [-0.39, 0.29) is 5.78 Å². The second-order valence-corrected chi connectivity index (χ2v) is 3.79. The molecule has 0 unspecified atom stereocenters. The number of hydrogen-bond donors (Lipinski definition) is 3. The summed E-state index contributed by atoms with van der Waals surface area (Å²) in [5.74, 6) is 1.98. The SMILES string of the molecule is CNc1cc(C(=O)CSCCN)[nH]n1. The number of carbonyl (C=O) groups is 1.